The number of ether oxygens (including phenoxy) is 2. The highest BCUT2D eigenvalue weighted by atomic mass is 16.5. The zero-order valence-corrected chi connectivity index (χ0v) is 16.3. The van der Waals surface area contributed by atoms with Crippen LogP contribution in [0.2, 0.25) is 0 Å². The number of nitrogens with zero attached hydrogens (tertiary/aromatic N) is 2. The van der Waals surface area contributed by atoms with Crippen molar-refractivity contribution in [2.75, 3.05) is 19.1 Å². The molecule has 0 bridgehead atoms. The summed E-state index contributed by atoms with van der Waals surface area (Å²) < 4.78 is 10.5. The summed E-state index contributed by atoms with van der Waals surface area (Å²) in [4.78, 5) is 18.8. The quantitative estimate of drug-likeness (QED) is 0.616. The second-order valence-corrected chi connectivity index (χ2v) is 6.18. The van der Waals surface area contributed by atoms with Gasteiger partial charge in [0.25, 0.3) is 5.91 Å². The summed E-state index contributed by atoms with van der Waals surface area (Å²) >= 11 is 0. The van der Waals surface area contributed by atoms with Gasteiger partial charge in [-0.3, -0.25) is 14.7 Å². The fourth-order valence-electron chi connectivity index (χ4n) is 2.84. The monoisotopic (exact) mass is 390 g/mol. The zero-order valence-electron chi connectivity index (χ0n) is 16.3. The Balaban J connectivity index is 1.88. The number of carbonyl (C=O) groups excluding carboxylic acids is 1. The van der Waals surface area contributed by atoms with Crippen LogP contribution in [0, 0.1) is 0 Å². The van der Waals surface area contributed by atoms with E-state index in [1.807, 2.05) is 24.3 Å². The summed E-state index contributed by atoms with van der Waals surface area (Å²) in [7, 11) is 3.13. The number of rotatable bonds is 7. The van der Waals surface area contributed by atoms with Crippen LogP contribution in [0.4, 0.5) is 5.69 Å². The Morgan fingerprint density at radius 1 is 1.03 bits per heavy atom. The fraction of sp³-hybridized carbons (Fsp3) is 0.130. The molecule has 6 heteroatoms. The van der Waals surface area contributed by atoms with Crippen LogP contribution in [-0.2, 0) is 11.3 Å². The SMILES string of the molecule is COc1ccc(/C=C/C(=O)N(Cc2ccccn2)c2ccccc2O)cc1OC. The summed E-state index contributed by atoms with van der Waals surface area (Å²) in [5.41, 5.74) is 1.91. The van der Waals surface area contributed by atoms with E-state index in [1.165, 1.54) is 11.0 Å². The number of hydrogen-bond donors (Lipinski definition) is 1. The molecule has 0 saturated heterocycles. The van der Waals surface area contributed by atoms with Crippen molar-refractivity contribution in [3.05, 3.63) is 84.2 Å². The zero-order chi connectivity index (χ0) is 20.6. The van der Waals surface area contributed by atoms with Gasteiger partial charge in [0.2, 0.25) is 0 Å². The number of pyridine rings is 1. The third-order valence-electron chi connectivity index (χ3n) is 4.31. The number of methoxy groups -OCH3 is 2. The smallest absolute Gasteiger partial charge is 0.251 e. The first-order valence-corrected chi connectivity index (χ1v) is 9.02. The highest BCUT2D eigenvalue weighted by molar-refractivity contribution is 6.04. The predicted molar refractivity (Wildman–Crippen MR) is 112 cm³/mol. The topological polar surface area (TPSA) is 71.9 Å². The molecule has 0 atom stereocenters. The Labute approximate surface area is 169 Å². The summed E-state index contributed by atoms with van der Waals surface area (Å²) in [6.07, 6.45) is 4.81. The molecule has 1 amide bonds. The number of phenols is 1. The van der Waals surface area contributed by atoms with Gasteiger partial charge in [-0.05, 0) is 48.0 Å². The van der Waals surface area contributed by atoms with Crippen molar-refractivity contribution in [3.63, 3.8) is 0 Å². The lowest BCUT2D eigenvalue weighted by Crippen LogP contribution is -2.29. The minimum Gasteiger partial charge on any atom is -0.506 e. The fourth-order valence-corrected chi connectivity index (χ4v) is 2.84. The molecular weight excluding hydrogens is 368 g/mol. The highest BCUT2D eigenvalue weighted by Gasteiger charge is 2.17. The minimum atomic E-state index is -0.285. The Bertz CT molecular complexity index is 1000. The number of amides is 1. The standard InChI is InChI=1S/C23H22N2O4/c1-28-21-12-10-17(15-22(21)29-2)11-13-23(27)25(16-18-7-5-6-14-24-18)19-8-3-4-9-20(19)26/h3-15,26H,16H2,1-2H3/b13-11+. The van der Waals surface area contributed by atoms with E-state index in [0.29, 0.717) is 22.9 Å². The maximum absolute atomic E-state index is 13.0. The summed E-state index contributed by atoms with van der Waals surface area (Å²) in [6.45, 7) is 0.230. The van der Waals surface area contributed by atoms with E-state index >= 15 is 0 Å². The second-order valence-electron chi connectivity index (χ2n) is 6.18. The molecule has 0 fully saturated rings. The Kier molecular flexibility index (Phi) is 6.47. The summed E-state index contributed by atoms with van der Waals surface area (Å²) in [6, 6.07) is 17.6. The van der Waals surface area contributed by atoms with Gasteiger partial charge in [0.1, 0.15) is 5.75 Å². The maximum atomic E-state index is 13.0. The minimum absolute atomic E-state index is 0.0243. The first-order chi connectivity index (χ1) is 14.1. The number of para-hydroxylation sites is 2. The molecule has 0 spiro atoms. The Morgan fingerprint density at radius 3 is 2.48 bits per heavy atom. The molecule has 0 radical (unpaired) electrons. The van der Waals surface area contributed by atoms with Gasteiger partial charge in [-0.15, -0.1) is 0 Å². The summed E-state index contributed by atoms with van der Waals surface area (Å²) in [5, 5.41) is 10.3. The lowest BCUT2D eigenvalue weighted by atomic mass is 10.1. The van der Waals surface area contributed by atoms with Crippen LogP contribution >= 0.6 is 0 Å². The van der Waals surface area contributed by atoms with Crippen LogP contribution < -0.4 is 14.4 Å². The van der Waals surface area contributed by atoms with Gasteiger partial charge in [0, 0.05) is 12.3 Å². The van der Waals surface area contributed by atoms with E-state index < -0.39 is 0 Å². The first kappa shape index (κ1) is 19.9. The van der Waals surface area contributed by atoms with Gasteiger partial charge in [0.05, 0.1) is 32.1 Å². The van der Waals surface area contributed by atoms with E-state index in [0.717, 1.165) is 5.56 Å². The number of phenolic OH excluding ortho intramolecular Hbond substituents is 1. The molecule has 3 rings (SSSR count). The number of carbonyl (C=O) groups is 1. The van der Waals surface area contributed by atoms with Gasteiger partial charge in [-0.1, -0.05) is 24.3 Å². The predicted octanol–water partition coefficient (Wildman–Crippen LogP) is 4.05. The third-order valence-corrected chi connectivity index (χ3v) is 4.31. The Morgan fingerprint density at radius 2 is 1.79 bits per heavy atom. The van der Waals surface area contributed by atoms with Gasteiger partial charge in [0.15, 0.2) is 11.5 Å². The molecule has 148 valence electrons. The first-order valence-electron chi connectivity index (χ1n) is 9.02. The van der Waals surface area contributed by atoms with Crippen molar-refractivity contribution in [2.45, 2.75) is 6.54 Å². The lowest BCUT2D eigenvalue weighted by Gasteiger charge is -2.22. The largest absolute Gasteiger partial charge is 0.506 e. The van der Waals surface area contributed by atoms with E-state index in [9.17, 15) is 9.90 Å². The third kappa shape index (κ3) is 4.93. The lowest BCUT2D eigenvalue weighted by molar-refractivity contribution is -0.114. The normalized spacial score (nSPS) is 10.7. The molecular formula is C23H22N2O4. The van der Waals surface area contributed by atoms with Gasteiger partial charge in [-0.2, -0.15) is 0 Å². The number of anilines is 1. The number of hydrogen-bond acceptors (Lipinski definition) is 5. The van der Waals surface area contributed by atoms with Crippen molar-refractivity contribution >= 4 is 17.7 Å². The number of aromatic nitrogens is 1. The van der Waals surface area contributed by atoms with E-state index in [4.69, 9.17) is 9.47 Å². The molecule has 3 aromatic rings. The van der Waals surface area contributed by atoms with Crippen molar-refractivity contribution in [3.8, 4) is 17.2 Å². The number of aromatic hydroxyl groups is 1. The van der Waals surface area contributed by atoms with E-state index in [-0.39, 0.29) is 18.2 Å². The molecule has 1 heterocycles. The van der Waals surface area contributed by atoms with Crippen LogP contribution in [0.1, 0.15) is 11.3 Å². The average molecular weight is 390 g/mol. The number of benzene rings is 2. The van der Waals surface area contributed by atoms with Crippen molar-refractivity contribution in [1.82, 2.24) is 4.98 Å². The van der Waals surface area contributed by atoms with Gasteiger partial charge >= 0.3 is 0 Å². The van der Waals surface area contributed by atoms with Crippen LogP contribution in [0.3, 0.4) is 0 Å². The molecule has 1 aromatic heterocycles. The molecule has 1 N–H and O–H groups in total. The Hall–Kier alpha value is -3.80. The van der Waals surface area contributed by atoms with Crippen molar-refractivity contribution in [1.29, 1.82) is 0 Å². The molecule has 0 unspecified atom stereocenters. The van der Waals surface area contributed by atoms with Crippen LogP contribution in [0.25, 0.3) is 6.08 Å². The van der Waals surface area contributed by atoms with Crippen LogP contribution in [0.15, 0.2) is 72.9 Å². The van der Waals surface area contributed by atoms with E-state index in [1.54, 1.807) is 62.9 Å². The molecule has 6 nitrogen and oxygen atoms in total. The van der Waals surface area contributed by atoms with Crippen LogP contribution in [0.5, 0.6) is 17.2 Å². The van der Waals surface area contributed by atoms with Crippen molar-refractivity contribution < 1.29 is 19.4 Å². The second kappa shape index (κ2) is 9.41. The maximum Gasteiger partial charge on any atom is 0.251 e. The molecule has 0 saturated carbocycles. The van der Waals surface area contributed by atoms with Crippen molar-refractivity contribution in [2.24, 2.45) is 0 Å². The average Bonchev–Trinajstić information content (AvgIpc) is 2.77. The summed E-state index contributed by atoms with van der Waals surface area (Å²) in [5.74, 6) is 0.929. The molecule has 29 heavy (non-hydrogen) atoms. The molecule has 0 aliphatic heterocycles. The van der Waals surface area contributed by atoms with Gasteiger partial charge in [-0.25, -0.2) is 0 Å². The highest BCUT2D eigenvalue weighted by Crippen LogP contribution is 2.29. The van der Waals surface area contributed by atoms with E-state index in [2.05, 4.69) is 4.98 Å². The molecule has 0 aliphatic rings. The molecule has 0 aliphatic carbocycles. The molecule has 2 aromatic carbocycles. The van der Waals surface area contributed by atoms with Gasteiger partial charge < -0.3 is 14.6 Å². The van der Waals surface area contributed by atoms with Crippen LogP contribution in [-0.4, -0.2) is 30.2 Å².